The smallest absolute Gasteiger partial charge is 0.143 e. The van der Waals surface area contributed by atoms with Crippen LogP contribution in [0.2, 0.25) is 0 Å². The van der Waals surface area contributed by atoms with E-state index in [0.717, 1.165) is 15.2 Å². The Balaban J connectivity index is 2.09. The third-order valence-corrected chi connectivity index (χ3v) is 3.74. The summed E-state index contributed by atoms with van der Waals surface area (Å²) in [5, 5.41) is 19.9. The van der Waals surface area contributed by atoms with Gasteiger partial charge in [0.05, 0.1) is 5.69 Å². The summed E-state index contributed by atoms with van der Waals surface area (Å²) in [6.45, 7) is 0. The second-order valence-electron chi connectivity index (χ2n) is 4.44. The van der Waals surface area contributed by atoms with Crippen molar-refractivity contribution in [1.82, 2.24) is 0 Å². The molecule has 0 radical (unpaired) electrons. The largest absolute Gasteiger partial charge is 0.506 e. The summed E-state index contributed by atoms with van der Waals surface area (Å²) in [6.07, 6.45) is 0. The number of rotatable bonds is 2. The number of benzene rings is 3. The van der Waals surface area contributed by atoms with Crippen molar-refractivity contribution in [2.24, 2.45) is 10.2 Å². The van der Waals surface area contributed by atoms with Crippen LogP contribution in [0.4, 0.5) is 15.8 Å². The predicted molar refractivity (Wildman–Crippen MR) is 83.9 cm³/mol. The van der Waals surface area contributed by atoms with Gasteiger partial charge >= 0.3 is 0 Å². The summed E-state index contributed by atoms with van der Waals surface area (Å²) in [6, 6.07) is 14.7. The summed E-state index contributed by atoms with van der Waals surface area (Å²) in [4.78, 5) is 0. The van der Waals surface area contributed by atoms with Crippen molar-refractivity contribution < 1.29 is 9.50 Å². The highest BCUT2D eigenvalue weighted by atomic mass is 79.9. The minimum Gasteiger partial charge on any atom is -0.506 e. The van der Waals surface area contributed by atoms with Gasteiger partial charge in [-0.15, -0.1) is 5.11 Å². The highest BCUT2D eigenvalue weighted by Gasteiger charge is 2.08. The number of phenols is 1. The molecule has 0 aromatic heterocycles. The van der Waals surface area contributed by atoms with E-state index in [1.807, 2.05) is 24.3 Å². The zero-order valence-corrected chi connectivity index (χ0v) is 12.4. The van der Waals surface area contributed by atoms with Crippen molar-refractivity contribution in [3.05, 3.63) is 64.9 Å². The molecule has 1 N–H and O–H groups in total. The van der Waals surface area contributed by atoms with Crippen LogP contribution < -0.4 is 0 Å². The zero-order valence-electron chi connectivity index (χ0n) is 10.8. The maximum absolute atomic E-state index is 12.8. The molecule has 0 amide bonds. The molecule has 0 aliphatic rings. The molecule has 3 nitrogen and oxygen atoms in total. The molecule has 21 heavy (non-hydrogen) atoms. The monoisotopic (exact) mass is 344 g/mol. The van der Waals surface area contributed by atoms with Gasteiger partial charge in [-0.05, 0) is 47.9 Å². The summed E-state index contributed by atoms with van der Waals surface area (Å²) < 4.78 is 13.8. The zero-order chi connectivity index (χ0) is 14.8. The minimum absolute atomic E-state index is 0.0476. The van der Waals surface area contributed by atoms with Gasteiger partial charge in [0, 0.05) is 9.86 Å². The van der Waals surface area contributed by atoms with Crippen molar-refractivity contribution in [2.75, 3.05) is 0 Å². The van der Waals surface area contributed by atoms with Crippen LogP contribution in [-0.4, -0.2) is 5.11 Å². The van der Waals surface area contributed by atoms with Crippen LogP contribution in [0.15, 0.2) is 69.3 Å². The van der Waals surface area contributed by atoms with E-state index in [1.54, 1.807) is 6.07 Å². The lowest BCUT2D eigenvalue weighted by molar-refractivity contribution is 0.477. The average molecular weight is 345 g/mol. The number of aromatic hydroxyl groups is 1. The Morgan fingerprint density at radius 1 is 0.857 bits per heavy atom. The molecule has 3 aromatic carbocycles. The van der Waals surface area contributed by atoms with Crippen LogP contribution in [0, 0.1) is 5.82 Å². The van der Waals surface area contributed by atoms with E-state index in [2.05, 4.69) is 26.2 Å². The van der Waals surface area contributed by atoms with E-state index < -0.39 is 0 Å². The lowest BCUT2D eigenvalue weighted by Crippen LogP contribution is -1.77. The third kappa shape index (κ3) is 2.78. The van der Waals surface area contributed by atoms with Crippen LogP contribution in [0.5, 0.6) is 5.75 Å². The van der Waals surface area contributed by atoms with Gasteiger partial charge < -0.3 is 5.11 Å². The van der Waals surface area contributed by atoms with Gasteiger partial charge in [0.15, 0.2) is 0 Å². The van der Waals surface area contributed by atoms with Gasteiger partial charge in [0.1, 0.15) is 17.3 Å². The first-order chi connectivity index (χ1) is 10.1. The van der Waals surface area contributed by atoms with E-state index in [-0.39, 0.29) is 11.6 Å². The van der Waals surface area contributed by atoms with E-state index in [4.69, 9.17) is 0 Å². The number of hydrogen-bond donors (Lipinski definition) is 1. The summed E-state index contributed by atoms with van der Waals surface area (Å²) >= 11 is 3.46. The molecule has 0 spiro atoms. The molecule has 0 atom stereocenters. The molecular formula is C16H10BrFN2O. The van der Waals surface area contributed by atoms with Crippen LogP contribution in [-0.2, 0) is 0 Å². The van der Waals surface area contributed by atoms with E-state index in [1.165, 1.54) is 24.3 Å². The molecule has 0 saturated heterocycles. The lowest BCUT2D eigenvalue weighted by Gasteiger charge is -2.05. The molecule has 3 rings (SSSR count). The number of phenolic OH excluding ortho intramolecular Hbond substituents is 1. The predicted octanol–water partition coefficient (Wildman–Crippen LogP) is 5.86. The Bertz CT molecular complexity index is 832. The summed E-state index contributed by atoms with van der Waals surface area (Å²) in [5.41, 5.74) is 0.904. The number of halogens is 2. The number of azo groups is 1. The van der Waals surface area contributed by atoms with Crippen LogP contribution in [0.25, 0.3) is 10.8 Å². The van der Waals surface area contributed by atoms with Crippen molar-refractivity contribution >= 4 is 38.1 Å². The molecule has 3 aromatic rings. The summed E-state index contributed by atoms with van der Waals surface area (Å²) in [5.74, 6) is -0.280. The van der Waals surface area contributed by atoms with Crippen molar-refractivity contribution in [3.8, 4) is 5.75 Å². The fourth-order valence-electron chi connectivity index (χ4n) is 2.01. The molecule has 0 aliphatic carbocycles. The fraction of sp³-hybridized carbons (Fsp3) is 0. The molecule has 5 heteroatoms. The standard InChI is InChI=1S/C16H10BrFN2O/c17-14-3-1-2-13-12(14)8-9-15(21)16(13)20-19-11-6-4-10(18)5-7-11/h1-9,21H. The summed E-state index contributed by atoms with van der Waals surface area (Å²) in [7, 11) is 0. The second kappa shape index (κ2) is 5.61. The molecule has 104 valence electrons. The van der Waals surface area contributed by atoms with Gasteiger partial charge in [0.25, 0.3) is 0 Å². The highest BCUT2D eigenvalue weighted by Crippen LogP contribution is 2.38. The Labute approximate surface area is 128 Å². The molecule has 0 heterocycles. The molecular weight excluding hydrogens is 335 g/mol. The van der Waals surface area contributed by atoms with E-state index >= 15 is 0 Å². The average Bonchev–Trinajstić information content (AvgIpc) is 2.48. The second-order valence-corrected chi connectivity index (χ2v) is 5.30. The van der Waals surface area contributed by atoms with Gasteiger partial charge in [-0.1, -0.05) is 28.1 Å². The van der Waals surface area contributed by atoms with Crippen LogP contribution >= 0.6 is 15.9 Å². The first-order valence-corrected chi connectivity index (χ1v) is 7.02. The Morgan fingerprint density at radius 2 is 1.62 bits per heavy atom. The lowest BCUT2D eigenvalue weighted by atomic mass is 10.1. The van der Waals surface area contributed by atoms with Crippen LogP contribution in [0.1, 0.15) is 0 Å². The molecule has 0 unspecified atom stereocenters. The van der Waals surface area contributed by atoms with Gasteiger partial charge in [-0.25, -0.2) is 4.39 Å². The van der Waals surface area contributed by atoms with Gasteiger partial charge in [0.2, 0.25) is 0 Å². The van der Waals surface area contributed by atoms with E-state index in [0.29, 0.717) is 11.4 Å². The fourth-order valence-corrected chi connectivity index (χ4v) is 2.51. The first-order valence-electron chi connectivity index (χ1n) is 6.22. The first kappa shape index (κ1) is 13.7. The van der Waals surface area contributed by atoms with Gasteiger partial charge in [-0.2, -0.15) is 5.11 Å². The SMILES string of the molecule is Oc1ccc2c(Br)cccc2c1N=Nc1ccc(F)cc1. The van der Waals surface area contributed by atoms with Crippen LogP contribution in [0.3, 0.4) is 0 Å². The maximum Gasteiger partial charge on any atom is 0.143 e. The highest BCUT2D eigenvalue weighted by molar-refractivity contribution is 9.10. The van der Waals surface area contributed by atoms with Crippen molar-refractivity contribution in [3.63, 3.8) is 0 Å². The number of nitrogens with zero attached hydrogens (tertiary/aromatic N) is 2. The molecule has 0 aliphatic heterocycles. The molecule has 0 fully saturated rings. The molecule has 0 saturated carbocycles. The van der Waals surface area contributed by atoms with Crippen molar-refractivity contribution in [1.29, 1.82) is 0 Å². The Kier molecular flexibility index (Phi) is 3.66. The third-order valence-electron chi connectivity index (χ3n) is 3.05. The quantitative estimate of drug-likeness (QED) is 0.581. The normalized spacial score (nSPS) is 11.3. The Hall–Kier alpha value is -2.27. The number of fused-ring (bicyclic) bond motifs is 1. The maximum atomic E-state index is 12.8. The Morgan fingerprint density at radius 3 is 2.38 bits per heavy atom. The van der Waals surface area contributed by atoms with Gasteiger partial charge in [-0.3, -0.25) is 0 Å². The van der Waals surface area contributed by atoms with Crippen molar-refractivity contribution in [2.45, 2.75) is 0 Å². The molecule has 0 bridgehead atoms. The number of hydrogen-bond acceptors (Lipinski definition) is 3. The topological polar surface area (TPSA) is 45.0 Å². The van der Waals surface area contributed by atoms with E-state index in [9.17, 15) is 9.50 Å². The minimum atomic E-state index is -0.328.